The van der Waals surface area contributed by atoms with E-state index in [1.165, 1.54) is 49.5 Å². The lowest BCUT2D eigenvalue weighted by molar-refractivity contribution is 0.0734. The van der Waals surface area contributed by atoms with Gasteiger partial charge in [-0.3, -0.25) is 0 Å². The third kappa shape index (κ3) is 7.15. The molecule has 6 nitrogen and oxygen atoms in total. The van der Waals surface area contributed by atoms with Gasteiger partial charge in [0.15, 0.2) is 0 Å². The highest BCUT2D eigenvalue weighted by Gasteiger charge is 2.11. The van der Waals surface area contributed by atoms with Gasteiger partial charge < -0.3 is 14.6 Å². The maximum atomic E-state index is 12.5. The standard InChI is InChI=1S/C29H30N2O4S/c1-2-3-4-5-6-9-18-34-23-15-12-21(13-16-23)28(33)35-24-17-14-22(26(32)19-24)20-30-29-31-25-10-7-8-11-27(25)36-29/h7-8,10-17,19-20,32H,2-6,9,18H2,1H3/b30-20+. The summed E-state index contributed by atoms with van der Waals surface area (Å²) < 4.78 is 12.2. The summed E-state index contributed by atoms with van der Waals surface area (Å²) in [5, 5.41) is 11.0. The summed E-state index contributed by atoms with van der Waals surface area (Å²) in [6.07, 6.45) is 8.81. The molecule has 3 aromatic carbocycles. The van der Waals surface area contributed by atoms with Gasteiger partial charge in [-0.25, -0.2) is 14.8 Å². The van der Waals surface area contributed by atoms with Gasteiger partial charge >= 0.3 is 5.97 Å². The Labute approximate surface area is 215 Å². The smallest absolute Gasteiger partial charge is 0.343 e. The van der Waals surface area contributed by atoms with Crippen molar-refractivity contribution in [1.29, 1.82) is 0 Å². The number of rotatable bonds is 12. The number of fused-ring (bicyclic) bond motifs is 1. The molecule has 0 aliphatic rings. The molecule has 0 unspecified atom stereocenters. The summed E-state index contributed by atoms with van der Waals surface area (Å²) in [7, 11) is 0. The van der Waals surface area contributed by atoms with Gasteiger partial charge in [0.25, 0.3) is 0 Å². The fourth-order valence-corrected chi connectivity index (χ4v) is 4.47. The van der Waals surface area contributed by atoms with E-state index in [4.69, 9.17) is 9.47 Å². The minimum atomic E-state index is -0.507. The van der Waals surface area contributed by atoms with E-state index in [9.17, 15) is 9.90 Å². The minimum Gasteiger partial charge on any atom is -0.507 e. The van der Waals surface area contributed by atoms with Crippen LogP contribution in [0.2, 0.25) is 0 Å². The topological polar surface area (TPSA) is 81.0 Å². The summed E-state index contributed by atoms with van der Waals surface area (Å²) in [4.78, 5) is 21.3. The third-order valence-corrected chi connectivity index (χ3v) is 6.61. The molecule has 186 valence electrons. The number of hydrogen-bond acceptors (Lipinski definition) is 7. The maximum Gasteiger partial charge on any atom is 0.343 e. The number of ether oxygens (including phenoxy) is 2. The Bertz CT molecular complexity index is 1280. The molecule has 0 spiro atoms. The number of benzene rings is 3. The average Bonchev–Trinajstić information content (AvgIpc) is 3.31. The van der Waals surface area contributed by atoms with Crippen LogP contribution >= 0.6 is 11.3 Å². The predicted molar refractivity (Wildman–Crippen MR) is 145 cm³/mol. The highest BCUT2D eigenvalue weighted by Crippen LogP contribution is 2.29. The van der Waals surface area contributed by atoms with Crippen molar-refractivity contribution in [2.24, 2.45) is 4.99 Å². The van der Waals surface area contributed by atoms with Crippen LogP contribution in [0.1, 0.15) is 61.4 Å². The largest absolute Gasteiger partial charge is 0.507 e. The first kappa shape index (κ1) is 25.4. The molecule has 0 aliphatic carbocycles. The number of nitrogens with zero attached hydrogens (tertiary/aromatic N) is 2. The first-order valence-corrected chi connectivity index (χ1v) is 13.1. The number of carbonyl (C=O) groups excluding carboxylic acids is 1. The lowest BCUT2D eigenvalue weighted by Crippen LogP contribution is -2.08. The molecule has 0 saturated heterocycles. The Morgan fingerprint density at radius 1 is 0.972 bits per heavy atom. The number of aliphatic imine (C=N–C) groups is 1. The van der Waals surface area contributed by atoms with Crippen LogP contribution in [-0.4, -0.2) is 28.9 Å². The van der Waals surface area contributed by atoms with Gasteiger partial charge in [-0.05, 0) is 55.0 Å². The van der Waals surface area contributed by atoms with Gasteiger partial charge in [0, 0.05) is 17.8 Å². The number of para-hydroxylation sites is 1. The Balaban J connectivity index is 1.28. The fourth-order valence-electron chi connectivity index (χ4n) is 3.66. The molecular weight excluding hydrogens is 472 g/mol. The monoisotopic (exact) mass is 502 g/mol. The van der Waals surface area contributed by atoms with Gasteiger partial charge in [0.1, 0.15) is 17.2 Å². The van der Waals surface area contributed by atoms with Crippen LogP contribution in [0.5, 0.6) is 17.2 Å². The molecule has 0 saturated carbocycles. The Kier molecular flexibility index (Phi) is 9.05. The Morgan fingerprint density at radius 2 is 1.72 bits per heavy atom. The van der Waals surface area contributed by atoms with Crippen LogP contribution in [0.3, 0.4) is 0 Å². The van der Waals surface area contributed by atoms with Crippen LogP contribution in [0.4, 0.5) is 5.13 Å². The lowest BCUT2D eigenvalue weighted by Gasteiger charge is -2.08. The molecule has 0 radical (unpaired) electrons. The van der Waals surface area contributed by atoms with Crippen LogP contribution in [0.15, 0.2) is 71.7 Å². The summed E-state index contributed by atoms with van der Waals surface area (Å²) in [6, 6.07) is 19.4. The van der Waals surface area contributed by atoms with Crippen molar-refractivity contribution in [2.75, 3.05) is 6.61 Å². The number of unbranched alkanes of at least 4 members (excludes halogenated alkanes) is 5. The molecule has 1 N–H and O–H groups in total. The number of esters is 1. The van der Waals surface area contributed by atoms with Gasteiger partial charge in [-0.15, -0.1) is 0 Å². The predicted octanol–water partition coefficient (Wildman–Crippen LogP) is 7.71. The SMILES string of the molecule is CCCCCCCCOc1ccc(C(=O)Oc2ccc(/C=N/c3nc4ccccc4s3)c(O)c2)cc1. The first-order chi connectivity index (χ1) is 17.6. The number of carbonyl (C=O) groups is 1. The minimum absolute atomic E-state index is 0.0383. The number of aromatic nitrogens is 1. The molecular formula is C29H30N2O4S. The molecule has 0 aliphatic heterocycles. The van der Waals surface area contributed by atoms with Crippen molar-refractivity contribution in [1.82, 2.24) is 4.98 Å². The van der Waals surface area contributed by atoms with Gasteiger partial charge in [-0.2, -0.15) is 0 Å². The normalized spacial score (nSPS) is 11.2. The molecule has 0 fully saturated rings. The van der Waals surface area contributed by atoms with Crippen LogP contribution < -0.4 is 9.47 Å². The highest BCUT2D eigenvalue weighted by atomic mass is 32.1. The summed E-state index contributed by atoms with van der Waals surface area (Å²) >= 11 is 1.47. The van der Waals surface area contributed by atoms with Gasteiger partial charge in [-0.1, -0.05) is 62.5 Å². The average molecular weight is 503 g/mol. The summed E-state index contributed by atoms with van der Waals surface area (Å²) in [5.41, 5.74) is 1.79. The second-order valence-electron chi connectivity index (χ2n) is 8.47. The number of aromatic hydroxyl groups is 1. The second kappa shape index (κ2) is 12.8. The zero-order chi connectivity index (χ0) is 25.2. The molecule has 0 bridgehead atoms. The molecule has 36 heavy (non-hydrogen) atoms. The summed E-state index contributed by atoms with van der Waals surface area (Å²) in [6.45, 7) is 2.88. The van der Waals surface area contributed by atoms with E-state index in [0.29, 0.717) is 22.9 Å². The number of phenolic OH excluding ortho intramolecular Hbond substituents is 1. The molecule has 0 atom stereocenters. The third-order valence-electron chi connectivity index (χ3n) is 5.67. The van der Waals surface area contributed by atoms with E-state index < -0.39 is 5.97 Å². The first-order valence-electron chi connectivity index (χ1n) is 12.3. The quantitative estimate of drug-likeness (QED) is 0.0928. The van der Waals surface area contributed by atoms with Gasteiger partial charge in [0.05, 0.1) is 22.4 Å². The van der Waals surface area contributed by atoms with E-state index >= 15 is 0 Å². The van der Waals surface area contributed by atoms with E-state index in [2.05, 4.69) is 16.9 Å². The molecule has 0 amide bonds. The van der Waals surface area contributed by atoms with E-state index in [-0.39, 0.29) is 11.5 Å². The molecule has 1 heterocycles. The molecule has 1 aromatic heterocycles. The molecule has 7 heteroatoms. The highest BCUT2D eigenvalue weighted by molar-refractivity contribution is 7.22. The van der Waals surface area contributed by atoms with Crippen LogP contribution in [-0.2, 0) is 0 Å². The summed E-state index contributed by atoms with van der Waals surface area (Å²) in [5.74, 6) is 0.434. The van der Waals surface area contributed by atoms with Crippen LogP contribution in [0, 0.1) is 0 Å². The van der Waals surface area contributed by atoms with Crippen molar-refractivity contribution in [3.63, 3.8) is 0 Å². The van der Waals surface area contributed by atoms with Crippen molar-refractivity contribution in [3.8, 4) is 17.2 Å². The van der Waals surface area contributed by atoms with E-state index in [1.807, 2.05) is 24.3 Å². The van der Waals surface area contributed by atoms with E-state index in [0.717, 1.165) is 22.4 Å². The fraction of sp³-hybridized carbons (Fsp3) is 0.276. The zero-order valence-corrected chi connectivity index (χ0v) is 21.2. The van der Waals surface area contributed by atoms with Crippen LogP contribution in [0.25, 0.3) is 10.2 Å². The number of thiazole rings is 1. The Morgan fingerprint density at radius 3 is 2.50 bits per heavy atom. The van der Waals surface area contributed by atoms with Crippen molar-refractivity contribution < 1.29 is 19.4 Å². The number of phenols is 1. The van der Waals surface area contributed by atoms with Gasteiger partial charge in [0.2, 0.25) is 5.13 Å². The molecule has 4 aromatic rings. The zero-order valence-electron chi connectivity index (χ0n) is 20.4. The Hall–Kier alpha value is -3.71. The number of hydrogen-bond donors (Lipinski definition) is 1. The lowest BCUT2D eigenvalue weighted by atomic mass is 10.1. The maximum absolute atomic E-state index is 12.5. The molecule has 4 rings (SSSR count). The van der Waals surface area contributed by atoms with Crippen molar-refractivity contribution in [3.05, 3.63) is 77.9 Å². The van der Waals surface area contributed by atoms with Crippen molar-refractivity contribution >= 4 is 38.9 Å². The second-order valence-corrected chi connectivity index (χ2v) is 9.48. The van der Waals surface area contributed by atoms with Crippen molar-refractivity contribution in [2.45, 2.75) is 45.4 Å². The van der Waals surface area contributed by atoms with E-state index in [1.54, 1.807) is 42.6 Å².